The van der Waals surface area contributed by atoms with Crippen LogP contribution >= 0.6 is 0 Å². The fourth-order valence-corrected chi connectivity index (χ4v) is 1.75. The molecule has 0 aliphatic heterocycles. The molecule has 0 bridgehead atoms. The van der Waals surface area contributed by atoms with Crippen LogP contribution in [0.15, 0.2) is 0 Å². The highest BCUT2D eigenvalue weighted by Crippen LogP contribution is 2.21. The molecule has 0 spiro atoms. The van der Waals surface area contributed by atoms with Gasteiger partial charge >= 0.3 is 0 Å². The summed E-state index contributed by atoms with van der Waals surface area (Å²) in [5.74, 6) is 0.741. The summed E-state index contributed by atoms with van der Waals surface area (Å²) in [6.07, 6.45) is 1.24. The lowest BCUT2D eigenvalue weighted by Gasteiger charge is -2.42. The molecule has 0 saturated heterocycles. The summed E-state index contributed by atoms with van der Waals surface area (Å²) in [5.41, 5.74) is 0.305. The van der Waals surface area contributed by atoms with Crippen LogP contribution in [0.1, 0.15) is 54.9 Å². The Bertz CT molecular complexity index is 133. The lowest BCUT2D eigenvalue weighted by molar-refractivity contribution is 0.0666. The average Bonchev–Trinajstić information content (AvgIpc) is 1.96. The van der Waals surface area contributed by atoms with E-state index >= 15 is 0 Å². The van der Waals surface area contributed by atoms with Crippen molar-refractivity contribution in [3.8, 4) is 0 Å². The Morgan fingerprint density at radius 3 is 1.77 bits per heavy atom. The first kappa shape index (κ1) is 13.0. The summed E-state index contributed by atoms with van der Waals surface area (Å²) in [4.78, 5) is 2.61. The standard InChI is InChI=1S/C12H27N/c1-8-9-13(12(5,6)7)11(4)10(2)3/h10-11H,8-9H2,1-7H3. The van der Waals surface area contributed by atoms with Gasteiger partial charge in [-0.25, -0.2) is 0 Å². The van der Waals surface area contributed by atoms with E-state index in [4.69, 9.17) is 0 Å². The zero-order chi connectivity index (χ0) is 10.6. The Labute approximate surface area is 84.5 Å². The number of hydrogen-bond donors (Lipinski definition) is 0. The van der Waals surface area contributed by atoms with Gasteiger partial charge in [0.25, 0.3) is 0 Å². The molecule has 0 aromatic carbocycles. The molecule has 0 fully saturated rings. The molecule has 1 atom stereocenters. The first-order valence-corrected chi connectivity index (χ1v) is 5.57. The van der Waals surface area contributed by atoms with Crippen molar-refractivity contribution in [2.24, 2.45) is 5.92 Å². The lowest BCUT2D eigenvalue weighted by Crippen LogP contribution is -2.49. The Balaban J connectivity index is 4.41. The van der Waals surface area contributed by atoms with Gasteiger partial charge in [0, 0.05) is 11.6 Å². The van der Waals surface area contributed by atoms with E-state index in [-0.39, 0.29) is 0 Å². The average molecular weight is 185 g/mol. The molecule has 13 heavy (non-hydrogen) atoms. The molecule has 0 rings (SSSR count). The monoisotopic (exact) mass is 185 g/mol. The highest BCUT2D eigenvalue weighted by atomic mass is 15.2. The summed E-state index contributed by atoms with van der Waals surface area (Å²) >= 11 is 0. The van der Waals surface area contributed by atoms with Gasteiger partial charge in [-0.15, -0.1) is 0 Å². The Hall–Kier alpha value is -0.0400. The Morgan fingerprint density at radius 1 is 1.08 bits per heavy atom. The zero-order valence-corrected chi connectivity index (χ0v) is 10.5. The van der Waals surface area contributed by atoms with Crippen LogP contribution in [0.5, 0.6) is 0 Å². The van der Waals surface area contributed by atoms with Crippen LogP contribution in [0.2, 0.25) is 0 Å². The van der Waals surface area contributed by atoms with Gasteiger partial charge in [0.05, 0.1) is 0 Å². The number of nitrogens with zero attached hydrogens (tertiary/aromatic N) is 1. The van der Waals surface area contributed by atoms with Crippen molar-refractivity contribution in [3.05, 3.63) is 0 Å². The van der Waals surface area contributed by atoms with E-state index in [9.17, 15) is 0 Å². The minimum atomic E-state index is 0.305. The van der Waals surface area contributed by atoms with Crippen LogP contribution in [0.3, 0.4) is 0 Å². The first-order valence-electron chi connectivity index (χ1n) is 5.57. The van der Waals surface area contributed by atoms with Crippen molar-refractivity contribution in [2.75, 3.05) is 6.54 Å². The second kappa shape index (κ2) is 4.99. The van der Waals surface area contributed by atoms with Crippen molar-refractivity contribution in [2.45, 2.75) is 66.5 Å². The normalized spacial score (nSPS) is 15.5. The topological polar surface area (TPSA) is 3.24 Å². The van der Waals surface area contributed by atoms with Gasteiger partial charge in [-0.05, 0) is 46.6 Å². The highest BCUT2D eigenvalue weighted by Gasteiger charge is 2.26. The molecule has 0 N–H and O–H groups in total. The largest absolute Gasteiger partial charge is 0.296 e. The van der Waals surface area contributed by atoms with Crippen molar-refractivity contribution in [1.29, 1.82) is 0 Å². The summed E-state index contributed by atoms with van der Waals surface area (Å²) in [6.45, 7) is 17.3. The van der Waals surface area contributed by atoms with Gasteiger partial charge < -0.3 is 0 Å². The molecule has 0 heterocycles. The van der Waals surface area contributed by atoms with Crippen LogP contribution in [-0.4, -0.2) is 23.0 Å². The number of rotatable bonds is 4. The summed E-state index contributed by atoms with van der Waals surface area (Å²) in [7, 11) is 0. The van der Waals surface area contributed by atoms with E-state index in [0.717, 1.165) is 5.92 Å². The SMILES string of the molecule is CCCN(C(C)C(C)C)C(C)(C)C. The van der Waals surface area contributed by atoms with Crippen LogP contribution in [-0.2, 0) is 0 Å². The van der Waals surface area contributed by atoms with E-state index in [0.29, 0.717) is 11.6 Å². The highest BCUT2D eigenvalue weighted by molar-refractivity contribution is 4.81. The maximum Gasteiger partial charge on any atom is 0.0127 e. The van der Waals surface area contributed by atoms with E-state index in [1.54, 1.807) is 0 Å². The summed E-state index contributed by atoms with van der Waals surface area (Å²) < 4.78 is 0. The lowest BCUT2D eigenvalue weighted by atomic mass is 9.97. The Kier molecular flexibility index (Phi) is 4.98. The van der Waals surface area contributed by atoms with Gasteiger partial charge in [-0.1, -0.05) is 20.8 Å². The zero-order valence-electron chi connectivity index (χ0n) is 10.5. The van der Waals surface area contributed by atoms with Gasteiger partial charge in [0.2, 0.25) is 0 Å². The second-order valence-corrected chi connectivity index (χ2v) is 5.35. The third-order valence-electron chi connectivity index (χ3n) is 2.78. The van der Waals surface area contributed by atoms with Crippen LogP contribution in [0, 0.1) is 5.92 Å². The minimum absolute atomic E-state index is 0.305. The van der Waals surface area contributed by atoms with Crippen LogP contribution in [0.4, 0.5) is 0 Å². The second-order valence-electron chi connectivity index (χ2n) is 5.35. The maximum absolute atomic E-state index is 2.61. The van der Waals surface area contributed by atoms with Crippen molar-refractivity contribution in [1.82, 2.24) is 4.90 Å². The summed E-state index contributed by atoms with van der Waals surface area (Å²) in [6, 6.07) is 0.681. The minimum Gasteiger partial charge on any atom is -0.296 e. The molecule has 1 heteroatoms. The number of hydrogen-bond acceptors (Lipinski definition) is 1. The Morgan fingerprint density at radius 2 is 1.54 bits per heavy atom. The third kappa shape index (κ3) is 4.12. The fraction of sp³-hybridized carbons (Fsp3) is 1.00. The smallest absolute Gasteiger partial charge is 0.0127 e. The van der Waals surface area contributed by atoms with Gasteiger partial charge in [0.15, 0.2) is 0 Å². The first-order chi connectivity index (χ1) is 5.80. The van der Waals surface area contributed by atoms with Gasteiger partial charge in [-0.2, -0.15) is 0 Å². The van der Waals surface area contributed by atoms with Gasteiger partial charge in [-0.3, -0.25) is 4.90 Å². The van der Waals surface area contributed by atoms with E-state index in [1.165, 1.54) is 13.0 Å². The van der Waals surface area contributed by atoms with Crippen molar-refractivity contribution >= 4 is 0 Å². The van der Waals surface area contributed by atoms with Crippen LogP contribution in [0.25, 0.3) is 0 Å². The molecular weight excluding hydrogens is 158 g/mol. The van der Waals surface area contributed by atoms with Crippen LogP contribution < -0.4 is 0 Å². The molecule has 0 aromatic heterocycles. The van der Waals surface area contributed by atoms with E-state index in [2.05, 4.69) is 53.4 Å². The predicted molar refractivity (Wildman–Crippen MR) is 61.1 cm³/mol. The molecule has 0 radical (unpaired) electrons. The quantitative estimate of drug-likeness (QED) is 0.647. The molecule has 0 saturated carbocycles. The van der Waals surface area contributed by atoms with E-state index < -0.39 is 0 Å². The molecule has 80 valence electrons. The molecule has 0 aromatic rings. The van der Waals surface area contributed by atoms with Gasteiger partial charge in [0.1, 0.15) is 0 Å². The fourth-order valence-electron chi connectivity index (χ4n) is 1.75. The molecular formula is C12H27N. The van der Waals surface area contributed by atoms with Crippen molar-refractivity contribution in [3.63, 3.8) is 0 Å². The molecule has 0 aliphatic carbocycles. The molecule has 1 unspecified atom stereocenters. The molecule has 0 amide bonds. The predicted octanol–water partition coefficient (Wildman–Crippen LogP) is 3.54. The summed E-state index contributed by atoms with van der Waals surface area (Å²) in [5, 5.41) is 0. The maximum atomic E-state index is 2.61. The molecule has 1 nitrogen and oxygen atoms in total. The molecule has 0 aliphatic rings. The van der Waals surface area contributed by atoms with Crippen molar-refractivity contribution < 1.29 is 0 Å². The van der Waals surface area contributed by atoms with E-state index in [1.807, 2.05) is 0 Å². The third-order valence-corrected chi connectivity index (χ3v) is 2.78.